The number of carbonyl (C=O) groups is 2. The predicted molar refractivity (Wildman–Crippen MR) is 86.3 cm³/mol. The monoisotopic (exact) mass is 310 g/mol. The molecular weight excluding hydrogens is 292 g/mol. The van der Waals surface area contributed by atoms with Crippen LogP contribution in [0.15, 0.2) is 42.5 Å². The largest absolute Gasteiger partial charge is 0.492 e. The van der Waals surface area contributed by atoms with E-state index >= 15 is 0 Å². The molecule has 3 amide bonds. The van der Waals surface area contributed by atoms with Crippen LogP contribution in [-0.4, -0.2) is 47.5 Å². The second-order valence-corrected chi connectivity index (χ2v) is 6.04. The third kappa shape index (κ3) is 2.74. The Morgan fingerprint density at radius 1 is 1.04 bits per heavy atom. The number of imide groups is 1. The molecule has 1 aliphatic carbocycles. The molecule has 0 atom stereocenters. The molecule has 2 aliphatic rings. The third-order valence-corrected chi connectivity index (χ3v) is 4.38. The molecule has 23 heavy (non-hydrogen) atoms. The van der Waals surface area contributed by atoms with E-state index in [1.54, 1.807) is 4.90 Å². The fourth-order valence-electron chi connectivity index (χ4n) is 2.96. The van der Waals surface area contributed by atoms with Crippen LogP contribution in [0.5, 0.6) is 5.75 Å². The maximum absolute atomic E-state index is 12.2. The standard InChI is InChI=1S/C18H18N2O3/c21-17-12-20(15-6-7-15)18(22)19(17)9-10-23-16-8-5-13-3-1-2-4-14(13)11-16/h1-5,8,11,15H,6-7,9-10,12H2. The molecule has 0 N–H and O–H groups in total. The van der Waals surface area contributed by atoms with E-state index in [-0.39, 0.29) is 24.5 Å². The molecule has 5 nitrogen and oxygen atoms in total. The zero-order valence-corrected chi connectivity index (χ0v) is 12.8. The minimum absolute atomic E-state index is 0.121. The molecule has 1 saturated heterocycles. The van der Waals surface area contributed by atoms with Crippen molar-refractivity contribution in [2.45, 2.75) is 18.9 Å². The number of nitrogens with zero attached hydrogens (tertiary/aromatic N) is 2. The number of hydrogen-bond acceptors (Lipinski definition) is 3. The average molecular weight is 310 g/mol. The zero-order valence-electron chi connectivity index (χ0n) is 12.8. The van der Waals surface area contributed by atoms with Gasteiger partial charge in [0, 0.05) is 6.04 Å². The summed E-state index contributed by atoms with van der Waals surface area (Å²) in [6.45, 7) is 0.835. The summed E-state index contributed by atoms with van der Waals surface area (Å²) in [4.78, 5) is 27.1. The number of amides is 3. The lowest BCUT2D eigenvalue weighted by Gasteiger charge is -2.16. The van der Waals surface area contributed by atoms with E-state index in [1.165, 1.54) is 4.90 Å². The summed E-state index contributed by atoms with van der Waals surface area (Å²) in [5, 5.41) is 2.27. The van der Waals surface area contributed by atoms with Gasteiger partial charge in [-0.3, -0.25) is 9.69 Å². The van der Waals surface area contributed by atoms with Gasteiger partial charge < -0.3 is 9.64 Å². The molecule has 4 rings (SSSR count). The van der Waals surface area contributed by atoms with Gasteiger partial charge in [-0.2, -0.15) is 0 Å². The summed E-state index contributed by atoms with van der Waals surface area (Å²) in [7, 11) is 0. The smallest absolute Gasteiger partial charge is 0.327 e. The molecule has 118 valence electrons. The fraction of sp³-hybridized carbons (Fsp3) is 0.333. The van der Waals surface area contributed by atoms with Crippen LogP contribution in [0, 0.1) is 0 Å². The van der Waals surface area contributed by atoms with Crippen molar-refractivity contribution < 1.29 is 14.3 Å². The molecule has 5 heteroatoms. The summed E-state index contributed by atoms with van der Waals surface area (Å²) in [6, 6.07) is 14.1. The first-order valence-electron chi connectivity index (χ1n) is 7.95. The van der Waals surface area contributed by atoms with Crippen molar-refractivity contribution in [3.05, 3.63) is 42.5 Å². The van der Waals surface area contributed by atoms with Gasteiger partial charge in [-0.05, 0) is 35.7 Å². The number of carbonyl (C=O) groups excluding carboxylic acids is 2. The summed E-state index contributed by atoms with van der Waals surface area (Å²) >= 11 is 0. The Morgan fingerprint density at radius 2 is 1.83 bits per heavy atom. The second-order valence-electron chi connectivity index (χ2n) is 6.04. The van der Waals surface area contributed by atoms with Crippen LogP contribution in [0.2, 0.25) is 0 Å². The molecular formula is C18H18N2O3. The van der Waals surface area contributed by atoms with E-state index in [9.17, 15) is 9.59 Å². The van der Waals surface area contributed by atoms with Crippen molar-refractivity contribution in [3.8, 4) is 5.75 Å². The van der Waals surface area contributed by atoms with E-state index in [4.69, 9.17) is 4.74 Å². The topological polar surface area (TPSA) is 49.9 Å². The molecule has 0 aromatic heterocycles. The van der Waals surface area contributed by atoms with Crippen molar-refractivity contribution in [1.29, 1.82) is 0 Å². The minimum atomic E-state index is -0.167. The highest BCUT2D eigenvalue weighted by Crippen LogP contribution is 2.30. The molecule has 2 fully saturated rings. The van der Waals surface area contributed by atoms with Gasteiger partial charge in [0.1, 0.15) is 18.9 Å². The third-order valence-electron chi connectivity index (χ3n) is 4.38. The van der Waals surface area contributed by atoms with Crippen molar-refractivity contribution in [2.75, 3.05) is 19.7 Å². The second kappa shape index (κ2) is 5.57. The number of urea groups is 1. The number of benzene rings is 2. The van der Waals surface area contributed by atoms with Gasteiger partial charge >= 0.3 is 6.03 Å². The van der Waals surface area contributed by atoms with Gasteiger partial charge in [0.15, 0.2) is 0 Å². The highest BCUT2D eigenvalue weighted by Gasteiger charge is 2.43. The molecule has 0 bridgehead atoms. The highest BCUT2D eigenvalue weighted by molar-refractivity contribution is 6.02. The van der Waals surface area contributed by atoms with Crippen LogP contribution < -0.4 is 4.74 Å². The molecule has 2 aromatic carbocycles. The molecule has 2 aromatic rings. The maximum Gasteiger partial charge on any atom is 0.327 e. The lowest BCUT2D eigenvalue weighted by atomic mass is 10.1. The predicted octanol–water partition coefficient (Wildman–Crippen LogP) is 2.65. The van der Waals surface area contributed by atoms with Crippen LogP contribution in [0.3, 0.4) is 0 Å². The van der Waals surface area contributed by atoms with Crippen LogP contribution in [0.1, 0.15) is 12.8 Å². The van der Waals surface area contributed by atoms with Gasteiger partial charge in [0.2, 0.25) is 5.91 Å². The van der Waals surface area contributed by atoms with Crippen molar-refractivity contribution in [1.82, 2.24) is 9.80 Å². The normalized spacial score (nSPS) is 18.1. The summed E-state index contributed by atoms with van der Waals surface area (Å²) in [5.41, 5.74) is 0. The minimum Gasteiger partial charge on any atom is -0.492 e. The van der Waals surface area contributed by atoms with Crippen LogP contribution in [-0.2, 0) is 4.79 Å². The SMILES string of the molecule is O=C1CN(C2CC2)C(=O)N1CCOc1ccc2ccccc2c1. The Hall–Kier alpha value is -2.56. The lowest BCUT2D eigenvalue weighted by Crippen LogP contribution is -2.36. The highest BCUT2D eigenvalue weighted by atomic mass is 16.5. The van der Waals surface area contributed by atoms with Crippen LogP contribution in [0.25, 0.3) is 10.8 Å². The summed E-state index contributed by atoms with van der Waals surface area (Å²) in [6.07, 6.45) is 2.03. The van der Waals surface area contributed by atoms with Gasteiger partial charge in [-0.15, -0.1) is 0 Å². The Morgan fingerprint density at radius 3 is 2.61 bits per heavy atom. The fourth-order valence-corrected chi connectivity index (χ4v) is 2.96. The molecule has 1 heterocycles. The molecule has 0 radical (unpaired) electrons. The van der Waals surface area contributed by atoms with Gasteiger partial charge in [-0.1, -0.05) is 30.3 Å². The van der Waals surface area contributed by atoms with E-state index in [0.717, 1.165) is 29.4 Å². The lowest BCUT2D eigenvalue weighted by molar-refractivity contribution is -0.125. The van der Waals surface area contributed by atoms with Gasteiger partial charge in [-0.25, -0.2) is 4.79 Å². The summed E-state index contributed by atoms with van der Waals surface area (Å²) < 4.78 is 5.72. The molecule has 1 saturated carbocycles. The number of fused-ring (bicyclic) bond motifs is 1. The average Bonchev–Trinajstić information content (AvgIpc) is 3.36. The Labute approximate surface area is 134 Å². The van der Waals surface area contributed by atoms with Crippen LogP contribution in [0.4, 0.5) is 4.79 Å². The first kappa shape index (κ1) is 14.1. The van der Waals surface area contributed by atoms with Crippen molar-refractivity contribution >= 4 is 22.7 Å². The Kier molecular flexibility index (Phi) is 3.41. The molecule has 0 spiro atoms. The van der Waals surface area contributed by atoms with E-state index in [1.807, 2.05) is 42.5 Å². The van der Waals surface area contributed by atoms with Gasteiger partial charge in [0.25, 0.3) is 0 Å². The zero-order chi connectivity index (χ0) is 15.8. The van der Waals surface area contributed by atoms with E-state index < -0.39 is 0 Å². The van der Waals surface area contributed by atoms with E-state index in [2.05, 4.69) is 0 Å². The van der Waals surface area contributed by atoms with Crippen molar-refractivity contribution in [3.63, 3.8) is 0 Å². The van der Waals surface area contributed by atoms with Gasteiger partial charge in [0.05, 0.1) is 6.54 Å². The van der Waals surface area contributed by atoms with Crippen molar-refractivity contribution in [2.24, 2.45) is 0 Å². The Bertz CT molecular complexity index is 770. The first-order chi connectivity index (χ1) is 11.2. The maximum atomic E-state index is 12.2. The van der Waals surface area contributed by atoms with Crippen LogP contribution >= 0.6 is 0 Å². The van der Waals surface area contributed by atoms with E-state index in [0.29, 0.717) is 13.2 Å². The number of hydrogen-bond donors (Lipinski definition) is 0. The quantitative estimate of drug-likeness (QED) is 0.798. The Balaban J connectivity index is 1.37. The summed E-state index contributed by atoms with van der Waals surface area (Å²) in [5.74, 6) is 0.630. The molecule has 0 unspecified atom stereocenters. The molecule has 1 aliphatic heterocycles. The number of ether oxygens (including phenoxy) is 1. The number of rotatable bonds is 5. The first-order valence-corrected chi connectivity index (χ1v) is 7.95.